The summed E-state index contributed by atoms with van der Waals surface area (Å²) in [6.07, 6.45) is 2.41. The van der Waals surface area contributed by atoms with Crippen LogP contribution in [0.3, 0.4) is 0 Å². The molecule has 1 aliphatic rings. The average Bonchev–Trinajstić information content (AvgIpc) is 3.23. The highest BCUT2D eigenvalue weighted by Gasteiger charge is 2.28. The van der Waals surface area contributed by atoms with E-state index in [9.17, 15) is 4.79 Å². The first kappa shape index (κ1) is 19.5. The molecule has 1 fully saturated rings. The van der Waals surface area contributed by atoms with Gasteiger partial charge in [0.05, 0.1) is 11.0 Å². The summed E-state index contributed by atoms with van der Waals surface area (Å²) < 4.78 is 12.4. The molecule has 1 atom stereocenters. The molecule has 29 heavy (non-hydrogen) atoms. The maximum atomic E-state index is 12.5. The molecule has 0 spiro atoms. The normalized spacial score (nSPS) is 15.9. The van der Waals surface area contributed by atoms with Crippen molar-refractivity contribution in [3.8, 4) is 22.8 Å². The number of hydrogen-bond acceptors (Lipinski definition) is 4. The van der Waals surface area contributed by atoms with Crippen LogP contribution in [0.4, 0.5) is 0 Å². The number of amides is 1. The van der Waals surface area contributed by atoms with Crippen molar-refractivity contribution in [3.05, 3.63) is 77.4 Å². The van der Waals surface area contributed by atoms with Gasteiger partial charge in [0.1, 0.15) is 11.9 Å². The molecule has 4 rings (SSSR count). The maximum absolute atomic E-state index is 12.5. The van der Waals surface area contributed by atoms with E-state index in [1.54, 1.807) is 11.1 Å². The van der Waals surface area contributed by atoms with E-state index in [-0.39, 0.29) is 18.6 Å². The minimum absolute atomic E-state index is 0.0185. The second kappa shape index (κ2) is 9.09. The number of benzene rings is 2. The van der Waals surface area contributed by atoms with Gasteiger partial charge in [0.2, 0.25) is 5.88 Å². The van der Waals surface area contributed by atoms with Gasteiger partial charge in [-0.2, -0.15) is 0 Å². The van der Waals surface area contributed by atoms with Gasteiger partial charge in [-0.1, -0.05) is 42.5 Å². The first-order valence-corrected chi connectivity index (χ1v) is 10.3. The van der Waals surface area contributed by atoms with Crippen LogP contribution in [-0.2, 0) is 4.79 Å². The number of rotatable bonds is 6. The first-order chi connectivity index (χ1) is 14.2. The number of aromatic nitrogens is 1. The highest BCUT2D eigenvalue weighted by molar-refractivity contribution is 9.10. The third-order valence-corrected chi connectivity index (χ3v) is 5.43. The molecule has 148 valence electrons. The van der Waals surface area contributed by atoms with Crippen molar-refractivity contribution in [2.24, 2.45) is 0 Å². The Morgan fingerprint density at radius 3 is 2.55 bits per heavy atom. The molecule has 1 aliphatic heterocycles. The number of pyridine rings is 1. The average molecular weight is 453 g/mol. The SMILES string of the molecule is O=C(COc1ccc(-c2ccccc2)cc1)N1CCC(Oc2ncccc2Br)C1. The Balaban J connectivity index is 1.27. The molecule has 1 unspecified atom stereocenters. The molecular weight excluding hydrogens is 432 g/mol. The fraction of sp³-hybridized carbons (Fsp3) is 0.217. The molecule has 0 aliphatic carbocycles. The predicted octanol–water partition coefficient (Wildman–Crippen LogP) is 4.57. The van der Waals surface area contributed by atoms with Gasteiger partial charge in [0.15, 0.2) is 6.61 Å². The molecule has 0 saturated carbocycles. The largest absolute Gasteiger partial charge is 0.484 e. The van der Waals surface area contributed by atoms with Crippen molar-refractivity contribution in [3.63, 3.8) is 0 Å². The number of carbonyl (C=O) groups is 1. The molecule has 0 bridgehead atoms. The summed E-state index contributed by atoms with van der Waals surface area (Å²) >= 11 is 3.43. The lowest BCUT2D eigenvalue weighted by Gasteiger charge is -2.17. The van der Waals surface area contributed by atoms with Crippen LogP contribution < -0.4 is 9.47 Å². The molecule has 0 N–H and O–H groups in total. The maximum Gasteiger partial charge on any atom is 0.260 e. The fourth-order valence-electron chi connectivity index (χ4n) is 3.28. The smallest absolute Gasteiger partial charge is 0.260 e. The van der Waals surface area contributed by atoms with E-state index < -0.39 is 0 Å². The molecule has 1 aromatic heterocycles. The van der Waals surface area contributed by atoms with Crippen LogP contribution in [0, 0.1) is 0 Å². The lowest BCUT2D eigenvalue weighted by Crippen LogP contribution is -2.34. The van der Waals surface area contributed by atoms with Gasteiger partial charge in [-0.3, -0.25) is 4.79 Å². The van der Waals surface area contributed by atoms with E-state index in [0.717, 1.165) is 22.0 Å². The standard InChI is InChI=1S/C23H21BrN2O3/c24-21-7-4-13-25-23(21)29-20-12-14-26(15-20)22(27)16-28-19-10-8-18(9-11-19)17-5-2-1-3-6-17/h1-11,13,20H,12,14-16H2. The summed E-state index contributed by atoms with van der Waals surface area (Å²) in [6, 6.07) is 21.7. The topological polar surface area (TPSA) is 51.7 Å². The van der Waals surface area contributed by atoms with Gasteiger partial charge in [0, 0.05) is 19.2 Å². The van der Waals surface area contributed by atoms with Crippen molar-refractivity contribution >= 4 is 21.8 Å². The molecule has 6 heteroatoms. The Labute approximate surface area is 178 Å². The Hall–Kier alpha value is -2.86. The summed E-state index contributed by atoms with van der Waals surface area (Å²) in [5.41, 5.74) is 2.27. The number of ether oxygens (including phenoxy) is 2. The minimum atomic E-state index is -0.0599. The monoisotopic (exact) mass is 452 g/mol. The van der Waals surface area contributed by atoms with Gasteiger partial charge < -0.3 is 14.4 Å². The van der Waals surface area contributed by atoms with E-state index in [2.05, 4.69) is 33.0 Å². The summed E-state index contributed by atoms with van der Waals surface area (Å²) in [5, 5.41) is 0. The van der Waals surface area contributed by atoms with Crippen LogP contribution in [0.2, 0.25) is 0 Å². The molecule has 2 heterocycles. The zero-order valence-electron chi connectivity index (χ0n) is 15.8. The van der Waals surface area contributed by atoms with Crippen LogP contribution in [-0.4, -0.2) is 41.6 Å². The first-order valence-electron chi connectivity index (χ1n) is 9.52. The number of likely N-dealkylation sites (tertiary alicyclic amines) is 1. The molecule has 3 aromatic rings. The Bertz CT molecular complexity index is 963. The molecule has 0 radical (unpaired) electrons. The van der Waals surface area contributed by atoms with Crippen LogP contribution in [0.1, 0.15) is 6.42 Å². The van der Waals surface area contributed by atoms with E-state index in [1.807, 2.05) is 54.6 Å². The van der Waals surface area contributed by atoms with Crippen LogP contribution in [0.25, 0.3) is 11.1 Å². The third-order valence-electron chi connectivity index (χ3n) is 4.82. The lowest BCUT2D eigenvalue weighted by molar-refractivity contribution is -0.132. The summed E-state index contributed by atoms with van der Waals surface area (Å²) in [4.78, 5) is 18.5. The second-order valence-electron chi connectivity index (χ2n) is 6.84. The molecular formula is C23H21BrN2O3. The van der Waals surface area contributed by atoms with Gasteiger partial charge in [-0.15, -0.1) is 0 Å². The number of carbonyl (C=O) groups excluding carboxylic acids is 1. The molecule has 5 nitrogen and oxygen atoms in total. The van der Waals surface area contributed by atoms with Crippen molar-refractivity contribution in [1.29, 1.82) is 0 Å². The van der Waals surface area contributed by atoms with Gasteiger partial charge in [-0.05, 0) is 51.3 Å². The summed E-state index contributed by atoms with van der Waals surface area (Å²) in [7, 11) is 0. The van der Waals surface area contributed by atoms with Gasteiger partial charge in [-0.25, -0.2) is 4.98 Å². The van der Waals surface area contributed by atoms with Gasteiger partial charge in [0.25, 0.3) is 5.91 Å². The van der Waals surface area contributed by atoms with E-state index in [1.165, 1.54) is 0 Å². The Morgan fingerprint density at radius 2 is 1.79 bits per heavy atom. The number of halogens is 1. The highest BCUT2D eigenvalue weighted by Crippen LogP contribution is 2.25. The fourth-order valence-corrected chi connectivity index (χ4v) is 3.63. The highest BCUT2D eigenvalue weighted by atomic mass is 79.9. The predicted molar refractivity (Wildman–Crippen MR) is 115 cm³/mol. The quantitative estimate of drug-likeness (QED) is 0.549. The van der Waals surface area contributed by atoms with Crippen LogP contribution >= 0.6 is 15.9 Å². The number of nitrogens with zero attached hydrogens (tertiary/aromatic N) is 2. The summed E-state index contributed by atoms with van der Waals surface area (Å²) in [5.74, 6) is 1.20. The molecule has 1 amide bonds. The van der Waals surface area contributed by atoms with Crippen molar-refractivity contribution < 1.29 is 14.3 Å². The van der Waals surface area contributed by atoms with Crippen LogP contribution in [0.15, 0.2) is 77.4 Å². The van der Waals surface area contributed by atoms with Crippen LogP contribution in [0.5, 0.6) is 11.6 Å². The molecule has 2 aromatic carbocycles. The Kier molecular flexibility index (Phi) is 6.10. The molecule has 1 saturated heterocycles. The van der Waals surface area contributed by atoms with Crippen molar-refractivity contribution in [2.75, 3.05) is 19.7 Å². The van der Waals surface area contributed by atoms with Gasteiger partial charge >= 0.3 is 0 Å². The lowest BCUT2D eigenvalue weighted by atomic mass is 10.1. The second-order valence-corrected chi connectivity index (χ2v) is 7.69. The van der Waals surface area contributed by atoms with Crippen molar-refractivity contribution in [2.45, 2.75) is 12.5 Å². The summed E-state index contributed by atoms with van der Waals surface area (Å²) in [6.45, 7) is 1.22. The van der Waals surface area contributed by atoms with E-state index >= 15 is 0 Å². The zero-order valence-corrected chi connectivity index (χ0v) is 17.4. The Morgan fingerprint density at radius 1 is 1.03 bits per heavy atom. The third kappa shape index (κ3) is 4.95. The minimum Gasteiger partial charge on any atom is -0.484 e. The zero-order chi connectivity index (χ0) is 20.1. The van der Waals surface area contributed by atoms with Crippen molar-refractivity contribution in [1.82, 2.24) is 9.88 Å². The van der Waals surface area contributed by atoms with E-state index in [0.29, 0.717) is 24.7 Å². The van der Waals surface area contributed by atoms with E-state index in [4.69, 9.17) is 9.47 Å². The number of hydrogen-bond donors (Lipinski definition) is 0.